The molecule has 1 aromatic carbocycles. The number of carbonyl (C=O) groups excluding carboxylic acids is 1. The van der Waals surface area contributed by atoms with Crippen LogP contribution in [0.15, 0.2) is 18.2 Å². The Hall–Kier alpha value is -1.50. The van der Waals surface area contributed by atoms with Gasteiger partial charge in [0.15, 0.2) is 11.5 Å². The fourth-order valence-electron chi connectivity index (χ4n) is 2.75. The fourth-order valence-corrected chi connectivity index (χ4v) is 2.75. The number of carbonyl (C=O) groups is 1. The third kappa shape index (κ3) is 5.76. The van der Waals surface area contributed by atoms with Gasteiger partial charge in [0.1, 0.15) is 6.04 Å². The van der Waals surface area contributed by atoms with Crippen LogP contribution in [0.4, 0.5) is 0 Å². The predicted molar refractivity (Wildman–Crippen MR) is 99.8 cm³/mol. The van der Waals surface area contributed by atoms with Gasteiger partial charge in [-0.15, -0.1) is 12.4 Å². The number of hydrogen-bond acceptors (Lipinski definition) is 5. The van der Waals surface area contributed by atoms with Crippen molar-refractivity contribution in [3.8, 4) is 11.5 Å². The Morgan fingerprint density at radius 3 is 2.64 bits per heavy atom. The minimum atomic E-state index is -0.324. The van der Waals surface area contributed by atoms with Gasteiger partial charge in [-0.05, 0) is 45.4 Å². The highest BCUT2D eigenvalue weighted by Crippen LogP contribution is 2.30. The first kappa shape index (κ1) is 21.5. The molecule has 3 atom stereocenters. The van der Waals surface area contributed by atoms with E-state index in [2.05, 4.69) is 10.6 Å². The molecular weight excluding hydrogens is 344 g/mol. The first-order chi connectivity index (χ1) is 11.6. The number of morpholine rings is 1. The normalized spacial score (nSPS) is 21.0. The molecule has 25 heavy (non-hydrogen) atoms. The number of hydrogen-bond donors (Lipinski definition) is 2. The van der Waals surface area contributed by atoms with Crippen LogP contribution in [-0.2, 0) is 9.53 Å². The van der Waals surface area contributed by atoms with Crippen molar-refractivity contribution in [1.29, 1.82) is 0 Å². The maximum absolute atomic E-state index is 12.5. The topological polar surface area (TPSA) is 68.8 Å². The molecule has 0 bridgehead atoms. The van der Waals surface area contributed by atoms with E-state index in [0.717, 1.165) is 11.3 Å². The van der Waals surface area contributed by atoms with E-state index in [-0.39, 0.29) is 36.5 Å². The minimum absolute atomic E-state index is 0. The zero-order valence-corrected chi connectivity index (χ0v) is 16.2. The van der Waals surface area contributed by atoms with E-state index in [1.165, 1.54) is 0 Å². The summed E-state index contributed by atoms with van der Waals surface area (Å²) >= 11 is 0. The molecule has 0 radical (unpaired) electrons. The van der Waals surface area contributed by atoms with E-state index >= 15 is 0 Å². The van der Waals surface area contributed by atoms with Gasteiger partial charge in [0.25, 0.3) is 0 Å². The summed E-state index contributed by atoms with van der Waals surface area (Å²) in [4.78, 5) is 12.5. The number of ether oxygens (including phenoxy) is 3. The highest BCUT2D eigenvalue weighted by atomic mass is 35.5. The summed E-state index contributed by atoms with van der Waals surface area (Å²) in [5.74, 6) is 1.37. The standard InChI is InChI=1S/C18H28N2O4.ClH/c1-5-22-15-8-7-14(11-16(15)23-6-2)12(3)20-18(21)17-13(4)24-10-9-19-17;/h7-8,11-13,17,19H,5-6,9-10H2,1-4H3,(H,20,21);1H/t12?,13-,17+;/m1./s1. The molecule has 142 valence electrons. The van der Waals surface area contributed by atoms with Crippen LogP contribution in [0.5, 0.6) is 11.5 Å². The summed E-state index contributed by atoms with van der Waals surface area (Å²) in [7, 11) is 0. The van der Waals surface area contributed by atoms with Crippen LogP contribution in [0.25, 0.3) is 0 Å². The second-order valence-electron chi connectivity index (χ2n) is 5.81. The molecule has 2 rings (SSSR count). The quantitative estimate of drug-likeness (QED) is 0.769. The minimum Gasteiger partial charge on any atom is -0.490 e. The van der Waals surface area contributed by atoms with E-state index in [1.807, 2.05) is 45.9 Å². The highest BCUT2D eigenvalue weighted by Gasteiger charge is 2.29. The predicted octanol–water partition coefficient (Wildman–Crippen LogP) is 2.46. The smallest absolute Gasteiger partial charge is 0.240 e. The summed E-state index contributed by atoms with van der Waals surface area (Å²) in [6, 6.07) is 5.30. The number of halogens is 1. The van der Waals surface area contributed by atoms with Crippen LogP contribution in [0.1, 0.15) is 39.3 Å². The Bertz CT molecular complexity index is 556. The van der Waals surface area contributed by atoms with E-state index < -0.39 is 0 Å². The number of amides is 1. The summed E-state index contributed by atoms with van der Waals surface area (Å²) in [6.45, 7) is 10.2. The van der Waals surface area contributed by atoms with Gasteiger partial charge in [-0.3, -0.25) is 4.79 Å². The molecule has 1 amide bonds. The van der Waals surface area contributed by atoms with Crippen molar-refractivity contribution in [1.82, 2.24) is 10.6 Å². The van der Waals surface area contributed by atoms with Gasteiger partial charge in [-0.25, -0.2) is 0 Å². The van der Waals surface area contributed by atoms with Crippen LogP contribution in [0, 0.1) is 0 Å². The molecule has 0 spiro atoms. The van der Waals surface area contributed by atoms with Gasteiger partial charge < -0.3 is 24.8 Å². The van der Waals surface area contributed by atoms with Crippen LogP contribution in [0.2, 0.25) is 0 Å². The summed E-state index contributed by atoms with van der Waals surface area (Å²) in [5, 5.41) is 6.24. The molecule has 0 aliphatic carbocycles. The molecule has 0 aromatic heterocycles. The Labute approximate surface area is 156 Å². The first-order valence-electron chi connectivity index (χ1n) is 8.61. The second kappa shape index (κ2) is 10.5. The molecule has 1 aliphatic rings. The maximum atomic E-state index is 12.5. The Kier molecular flexibility index (Phi) is 9.03. The van der Waals surface area contributed by atoms with Crippen molar-refractivity contribution in [2.45, 2.75) is 45.9 Å². The van der Waals surface area contributed by atoms with E-state index in [4.69, 9.17) is 14.2 Å². The van der Waals surface area contributed by atoms with Crippen molar-refractivity contribution in [3.63, 3.8) is 0 Å². The van der Waals surface area contributed by atoms with Crippen molar-refractivity contribution in [3.05, 3.63) is 23.8 Å². The van der Waals surface area contributed by atoms with Crippen LogP contribution >= 0.6 is 12.4 Å². The highest BCUT2D eigenvalue weighted by molar-refractivity contribution is 5.85. The lowest BCUT2D eigenvalue weighted by molar-refractivity contribution is -0.129. The number of rotatable bonds is 7. The molecule has 1 saturated heterocycles. The molecule has 6 nitrogen and oxygen atoms in total. The summed E-state index contributed by atoms with van der Waals surface area (Å²) in [6.07, 6.45) is -0.134. The lowest BCUT2D eigenvalue weighted by Gasteiger charge is -2.30. The molecule has 7 heteroatoms. The summed E-state index contributed by atoms with van der Waals surface area (Å²) in [5.41, 5.74) is 0.972. The van der Waals surface area contributed by atoms with Crippen LogP contribution < -0.4 is 20.1 Å². The third-order valence-corrected chi connectivity index (χ3v) is 4.03. The van der Waals surface area contributed by atoms with Crippen molar-refractivity contribution >= 4 is 18.3 Å². The lowest BCUT2D eigenvalue weighted by atomic mass is 10.1. The van der Waals surface area contributed by atoms with E-state index in [9.17, 15) is 4.79 Å². The number of nitrogens with one attached hydrogen (secondary N) is 2. The first-order valence-corrected chi connectivity index (χ1v) is 8.61. The van der Waals surface area contributed by atoms with Gasteiger partial charge >= 0.3 is 0 Å². The van der Waals surface area contributed by atoms with Gasteiger partial charge in [-0.2, -0.15) is 0 Å². The third-order valence-electron chi connectivity index (χ3n) is 4.03. The second-order valence-corrected chi connectivity index (χ2v) is 5.81. The molecular formula is C18H29ClN2O4. The van der Waals surface area contributed by atoms with E-state index in [1.54, 1.807) is 0 Å². The molecule has 1 heterocycles. The largest absolute Gasteiger partial charge is 0.490 e. The molecule has 0 saturated carbocycles. The van der Waals surface area contributed by atoms with Crippen LogP contribution in [0.3, 0.4) is 0 Å². The number of benzene rings is 1. The Morgan fingerprint density at radius 2 is 2.00 bits per heavy atom. The molecule has 1 aromatic rings. The lowest BCUT2D eigenvalue weighted by Crippen LogP contribution is -2.55. The van der Waals surface area contributed by atoms with Gasteiger partial charge in [0.2, 0.25) is 5.91 Å². The van der Waals surface area contributed by atoms with Crippen molar-refractivity contribution in [2.24, 2.45) is 0 Å². The van der Waals surface area contributed by atoms with Gasteiger partial charge in [-0.1, -0.05) is 6.07 Å². The van der Waals surface area contributed by atoms with Crippen LogP contribution in [-0.4, -0.2) is 44.4 Å². The molecule has 1 unspecified atom stereocenters. The van der Waals surface area contributed by atoms with Crippen molar-refractivity contribution in [2.75, 3.05) is 26.4 Å². The molecule has 1 fully saturated rings. The average molecular weight is 373 g/mol. The van der Waals surface area contributed by atoms with Gasteiger partial charge in [0.05, 0.1) is 32.0 Å². The van der Waals surface area contributed by atoms with Crippen molar-refractivity contribution < 1.29 is 19.0 Å². The molecule has 2 N–H and O–H groups in total. The summed E-state index contributed by atoms with van der Waals surface area (Å²) < 4.78 is 16.8. The zero-order chi connectivity index (χ0) is 17.5. The maximum Gasteiger partial charge on any atom is 0.240 e. The Balaban J connectivity index is 0.00000312. The van der Waals surface area contributed by atoms with E-state index in [0.29, 0.717) is 32.1 Å². The fraction of sp³-hybridized carbons (Fsp3) is 0.611. The molecule has 1 aliphatic heterocycles. The SMILES string of the molecule is CCOc1ccc(C(C)NC(=O)[C@H]2NCCO[C@@H]2C)cc1OCC.Cl. The average Bonchev–Trinajstić information content (AvgIpc) is 2.57. The van der Waals surface area contributed by atoms with Gasteiger partial charge in [0, 0.05) is 6.54 Å². The Morgan fingerprint density at radius 1 is 1.32 bits per heavy atom. The zero-order valence-electron chi connectivity index (χ0n) is 15.3. The monoisotopic (exact) mass is 372 g/mol.